The zero-order valence-electron chi connectivity index (χ0n) is 13.7. The maximum absolute atomic E-state index is 12.7. The van der Waals surface area contributed by atoms with Crippen molar-refractivity contribution in [2.45, 2.75) is 6.92 Å². The molecule has 1 aliphatic heterocycles. The molecule has 5 nitrogen and oxygen atoms in total. The standard InChI is InChI=1S/C19H21N3O2/c1-14-7-8-16(20)13-17(14)19(24)22-11-9-21(10-12-22)18(23)15-5-3-2-4-6-15/h2-8,13H,9-12,20H2,1H3. The maximum atomic E-state index is 12.7. The Morgan fingerprint density at radius 1 is 0.875 bits per heavy atom. The fraction of sp³-hybridized carbons (Fsp3) is 0.263. The number of hydrogen-bond acceptors (Lipinski definition) is 3. The average molecular weight is 323 g/mol. The van der Waals surface area contributed by atoms with Crippen LogP contribution in [0.5, 0.6) is 0 Å². The minimum absolute atomic E-state index is 0.0165. The minimum Gasteiger partial charge on any atom is -0.399 e. The molecular formula is C19H21N3O2. The van der Waals surface area contributed by atoms with E-state index >= 15 is 0 Å². The lowest BCUT2D eigenvalue weighted by molar-refractivity contribution is 0.0535. The SMILES string of the molecule is Cc1ccc(N)cc1C(=O)N1CCN(C(=O)c2ccccc2)CC1. The molecule has 0 aliphatic carbocycles. The number of nitrogens with zero attached hydrogens (tertiary/aromatic N) is 2. The average Bonchev–Trinajstić information content (AvgIpc) is 2.63. The second-order valence-electron chi connectivity index (χ2n) is 6.02. The lowest BCUT2D eigenvalue weighted by Crippen LogP contribution is -2.50. The van der Waals surface area contributed by atoms with Crippen LogP contribution in [0.25, 0.3) is 0 Å². The Kier molecular flexibility index (Phi) is 4.51. The Balaban J connectivity index is 1.66. The first-order valence-electron chi connectivity index (χ1n) is 8.06. The lowest BCUT2D eigenvalue weighted by atomic mass is 10.1. The summed E-state index contributed by atoms with van der Waals surface area (Å²) < 4.78 is 0. The summed E-state index contributed by atoms with van der Waals surface area (Å²) in [6, 6.07) is 14.6. The summed E-state index contributed by atoms with van der Waals surface area (Å²) in [6.07, 6.45) is 0. The predicted molar refractivity (Wildman–Crippen MR) is 93.8 cm³/mol. The van der Waals surface area contributed by atoms with Crippen molar-refractivity contribution >= 4 is 17.5 Å². The van der Waals surface area contributed by atoms with Gasteiger partial charge in [0.05, 0.1) is 0 Å². The van der Waals surface area contributed by atoms with Gasteiger partial charge < -0.3 is 15.5 Å². The third-order valence-electron chi connectivity index (χ3n) is 4.37. The van der Waals surface area contributed by atoms with Crippen LogP contribution in [0, 0.1) is 6.92 Å². The van der Waals surface area contributed by atoms with Gasteiger partial charge in [0, 0.05) is 43.0 Å². The molecule has 0 unspecified atom stereocenters. The van der Waals surface area contributed by atoms with Crippen LogP contribution in [0.1, 0.15) is 26.3 Å². The van der Waals surface area contributed by atoms with Crippen LogP contribution >= 0.6 is 0 Å². The molecule has 5 heteroatoms. The number of rotatable bonds is 2. The van der Waals surface area contributed by atoms with Gasteiger partial charge in [-0.2, -0.15) is 0 Å². The number of anilines is 1. The van der Waals surface area contributed by atoms with Gasteiger partial charge in [-0.3, -0.25) is 9.59 Å². The van der Waals surface area contributed by atoms with Crippen molar-refractivity contribution < 1.29 is 9.59 Å². The number of nitrogens with two attached hydrogens (primary N) is 1. The number of piperazine rings is 1. The molecule has 24 heavy (non-hydrogen) atoms. The zero-order valence-corrected chi connectivity index (χ0v) is 13.7. The molecule has 124 valence electrons. The van der Waals surface area contributed by atoms with Crippen LogP contribution < -0.4 is 5.73 Å². The molecule has 2 aromatic carbocycles. The van der Waals surface area contributed by atoms with E-state index in [1.54, 1.807) is 21.9 Å². The molecule has 2 aromatic rings. The van der Waals surface area contributed by atoms with E-state index in [2.05, 4.69) is 0 Å². The number of hydrogen-bond donors (Lipinski definition) is 1. The number of amides is 2. The fourth-order valence-corrected chi connectivity index (χ4v) is 2.92. The molecule has 0 radical (unpaired) electrons. The molecule has 1 heterocycles. The van der Waals surface area contributed by atoms with Gasteiger partial charge in [-0.25, -0.2) is 0 Å². The number of nitrogen functional groups attached to an aromatic ring is 1. The Labute approximate surface area is 141 Å². The van der Waals surface area contributed by atoms with Crippen molar-refractivity contribution in [2.24, 2.45) is 0 Å². The second-order valence-corrected chi connectivity index (χ2v) is 6.02. The van der Waals surface area contributed by atoms with E-state index in [1.807, 2.05) is 43.3 Å². The van der Waals surface area contributed by atoms with Gasteiger partial charge in [-0.15, -0.1) is 0 Å². The molecule has 0 atom stereocenters. The van der Waals surface area contributed by atoms with Crippen LogP contribution in [0.2, 0.25) is 0 Å². The smallest absolute Gasteiger partial charge is 0.254 e. The first kappa shape index (κ1) is 16.1. The largest absolute Gasteiger partial charge is 0.399 e. The first-order chi connectivity index (χ1) is 11.6. The maximum Gasteiger partial charge on any atom is 0.254 e. The van der Waals surface area contributed by atoms with E-state index < -0.39 is 0 Å². The van der Waals surface area contributed by atoms with Gasteiger partial charge >= 0.3 is 0 Å². The lowest BCUT2D eigenvalue weighted by Gasteiger charge is -2.35. The van der Waals surface area contributed by atoms with Gasteiger partial charge in [0.25, 0.3) is 11.8 Å². The Morgan fingerprint density at radius 3 is 2.08 bits per heavy atom. The molecule has 1 aliphatic rings. The quantitative estimate of drug-likeness (QED) is 0.861. The number of carbonyl (C=O) groups excluding carboxylic acids is 2. The van der Waals surface area contributed by atoms with E-state index in [1.165, 1.54) is 0 Å². The van der Waals surface area contributed by atoms with Crippen LogP contribution in [0.4, 0.5) is 5.69 Å². The summed E-state index contributed by atoms with van der Waals surface area (Å²) in [7, 11) is 0. The second kappa shape index (κ2) is 6.74. The van der Waals surface area contributed by atoms with Crippen LogP contribution in [-0.2, 0) is 0 Å². The highest BCUT2D eigenvalue weighted by atomic mass is 16.2. The van der Waals surface area contributed by atoms with Crippen LogP contribution in [0.15, 0.2) is 48.5 Å². The number of aryl methyl sites for hydroxylation is 1. The van der Waals surface area contributed by atoms with Gasteiger partial charge in [0.15, 0.2) is 0 Å². The Bertz CT molecular complexity index is 750. The van der Waals surface area contributed by atoms with E-state index in [4.69, 9.17) is 5.73 Å². The van der Waals surface area contributed by atoms with Crippen molar-refractivity contribution in [3.8, 4) is 0 Å². The Morgan fingerprint density at radius 2 is 1.46 bits per heavy atom. The van der Waals surface area contributed by atoms with E-state index in [9.17, 15) is 9.59 Å². The molecule has 3 rings (SSSR count). The molecule has 0 bridgehead atoms. The molecule has 0 aromatic heterocycles. The molecule has 2 amide bonds. The normalized spacial score (nSPS) is 14.5. The fourth-order valence-electron chi connectivity index (χ4n) is 2.92. The van der Waals surface area contributed by atoms with Crippen molar-refractivity contribution in [1.29, 1.82) is 0 Å². The predicted octanol–water partition coefficient (Wildman–Crippen LogP) is 2.18. The van der Waals surface area contributed by atoms with Gasteiger partial charge in [0.2, 0.25) is 0 Å². The molecule has 2 N–H and O–H groups in total. The summed E-state index contributed by atoms with van der Waals surface area (Å²) >= 11 is 0. The van der Waals surface area contributed by atoms with Gasteiger partial charge in [-0.1, -0.05) is 24.3 Å². The highest BCUT2D eigenvalue weighted by molar-refractivity contribution is 5.97. The molecule has 1 fully saturated rings. The van der Waals surface area contributed by atoms with Gasteiger partial charge in [0.1, 0.15) is 0 Å². The van der Waals surface area contributed by atoms with Crippen molar-refractivity contribution in [2.75, 3.05) is 31.9 Å². The van der Waals surface area contributed by atoms with E-state index in [0.717, 1.165) is 5.56 Å². The highest BCUT2D eigenvalue weighted by Gasteiger charge is 2.26. The van der Waals surface area contributed by atoms with Crippen molar-refractivity contribution in [1.82, 2.24) is 9.80 Å². The third kappa shape index (κ3) is 3.25. The summed E-state index contributed by atoms with van der Waals surface area (Å²) in [5.74, 6) is -0.00514. The summed E-state index contributed by atoms with van der Waals surface area (Å²) in [6.45, 7) is 4.06. The van der Waals surface area contributed by atoms with Crippen molar-refractivity contribution in [3.63, 3.8) is 0 Å². The third-order valence-corrected chi connectivity index (χ3v) is 4.37. The topological polar surface area (TPSA) is 66.6 Å². The summed E-state index contributed by atoms with van der Waals surface area (Å²) in [5.41, 5.74) is 8.62. The Hall–Kier alpha value is -2.82. The van der Waals surface area contributed by atoms with Crippen LogP contribution in [-0.4, -0.2) is 47.8 Å². The highest BCUT2D eigenvalue weighted by Crippen LogP contribution is 2.17. The molecule has 0 saturated carbocycles. The van der Waals surface area contributed by atoms with E-state index in [-0.39, 0.29) is 11.8 Å². The van der Waals surface area contributed by atoms with Gasteiger partial charge in [-0.05, 0) is 36.8 Å². The molecular weight excluding hydrogens is 302 g/mol. The first-order valence-corrected chi connectivity index (χ1v) is 8.06. The molecule has 0 spiro atoms. The monoisotopic (exact) mass is 323 g/mol. The van der Waals surface area contributed by atoms with Crippen LogP contribution in [0.3, 0.4) is 0 Å². The summed E-state index contributed by atoms with van der Waals surface area (Å²) in [5, 5.41) is 0. The molecule has 1 saturated heterocycles. The van der Waals surface area contributed by atoms with Crippen molar-refractivity contribution in [3.05, 3.63) is 65.2 Å². The zero-order chi connectivity index (χ0) is 17.1. The number of benzene rings is 2. The summed E-state index contributed by atoms with van der Waals surface area (Å²) in [4.78, 5) is 28.7. The van der Waals surface area contributed by atoms with E-state index in [0.29, 0.717) is 43.0 Å². The number of carbonyl (C=O) groups is 2. The minimum atomic E-state index is -0.0217.